The molecule has 0 spiro atoms. The van der Waals surface area contributed by atoms with Gasteiger partial charge in [-0.1, -0.05) is 0 Å². The number of hydrogen-bond acceptors (Lipinski definition) is 3. The molecule has 13 heavy (non-hydrogen) atoms. The lowest BCUT2D eigenvalue weighted by molar-refractivity contribution is 1.28. The van der Waals surface area contributed by atoms with Crippen molar-refractivity contribution in [3.63, 3.8) is 0 Å². The monoisotopic (exact) mass is 175 g/mol. The van der Waals surface area contributed by atoms with E-state index in [0.717, 1.165) is 0 Å². The lowest BCUT2D eigenvalue weighted by Crippen LogP contribution is -2.22. The number of nitrogens with zero attached hydrogens (tertiary/aromatic N) is 3. The minimum Gasteiger partial charge on any atom is -0.370 e. The third kappa shape index (κ3) is 2.45. The molecule has 0 aliphatic heterocycles. The van der Waals surface area contributed by atoms with E-state index >= 15 is 0 Å². The number of rotatable bonds is 1. The van der Waals surface area contributed by atoms with E-state index in [4.69, 9.17) is 11.0 Å². The van der Waals surface area contributed by atoms with E-state index in [1.54, 1.807) is 19.2 Å². The average Bonchev–Trinajstić information content (AvgIpc) is 2.19. The first kappa shape index (κ1) is 9.00. The number of nitriles is 1. The number of nitrogens with two attached hydrogens (primary N) is 1. The van der Waals surface area contributed by atoms with E-state index in [1.807, 2.05) is 6.07 Å². The Bertz CT molecular complexity index is 346. The summed E-state index contributed by atoms with van der Waals surface area (Å²) in [4.78, 5) is 7.65. The third-order valence-corrected chi connectivity index (χ3v) is 1.39. The molecular formula is C8H9N5. The topological polar surface area (TPSA) is 87.1 Å². The molecule has 66 valence electrons. The Hall–Kier alpha value is -2.09. The van der Waals surface area contributed by atoms with Gasteiger partial charge < -0.3 is 11.1 Å². The van der Waals surface area contributed by atoms with Crippen LogP contribution < -0.4 is 11.1 Å². The van der Waals surface area contributed by atoms with E-state index in [1.165, 1.54) is 6.20 Å². The summed E-state index contributed by atoms with van der Waals surface area (Å²) in [5.41, 5.74) is 5.92. The number of aromatic nitrogens is 1. The van der Waals surface area contributed by atoms with Gasteiger partial charge in [-0.2, -0.15) is 5.26 Å². The molecule has 0 unspecified atom stereocenters. The van der Waals surface area contributed by atoms with E-state index in [-0.39, 0.29) is 5.96 Å². The van der Waals surface area contributed by atoms with Crippen molar-refractivity contribution in [2.45, 2.75) is 0 Å². The Morgan fingerprint density at radius 2 is 2.46 bits per heavy atom. The van der Waals surface area contributed by atoms with E-state index in [0.29, 0.717) is 11.4 Å². The second-order valence-electron chi connectivity index (χ2n) is 2.28. The quantitative estimate of drug-likeness (QED) is 0.475. The van der Waals surface area contributed by atoms with Crippen molar-refractivity contribution in [3.05, 3.63) is 23.9 Å². The minimum absolute atomic E-state index is 0.289. The van der Waals surface area contributed by atoms with Gasteiger partial charge >= 0.3 is 0 Å². The first-order chi connectivity index (χ1) is 6.26. The Morgan fingerprint density at radius 3 is 2.92 bits per heavy atom. The summed E-state index contributed by atoms with van der Waals surface area (Å²) in [5, 5.41) is 11.2. The standard InChI is InChI=1S/C8H9N5/c1-11-8(10)13-7-3-2-6(4-9)5-12-7/h2-3,5H,1H3,(H3,10,11,12,13). The van der Waals surface area contributed by atoms with Gasteiger partial charge in [0.1, 0.15) is 11.9 Å². The van der Waals surface area contributed by atoms with Crippen molar-refractivity contribution in [1.82, 2.24) is 4.98 Å². The van der Waals surface area contributed by atoms with Crippen LogP contribution in [0.1, 0.15) is 5.56 Å². The molecule has 0 fully saturated rings. The maximum atomic E-state index is 8.50. The predicted octanol–water partition coefficient (Wildman–Crippen LogP) is 0.310. The van der Waals surface area contributed by atoms with E-state index < -0.39 is 0 Å². The molecule has 0 saturated carbocycles. The Labute approximate surface area is 75.9 Å². The smallest absolute Gasteiger partial charge is 0.194 e. The van der Waals surface area contributed by atoms with Crippen LogP contribution in [0.4, 0.5) is 5.82 Å². The summed E-state index contributed by atoms with van der Waals surface area (Å²) in [5.74, 6) is 0.860. The molecule has 5 heteroatoms. The maximum Gasteiger partial charge on any atom is 0.194 e. The molecule has 3 N–H and O–H groups in total. The first-order valence-corrected chi connectivity index (χ1v) is 3.61. The van der Waals surface area contributed by atoms with Crippen LogP contribution in [0.5, 0.6) is 0 Å². The lowest BCUT2D eigenvalue weighted by atomic mass is 10.3. The highest BCUT2D eigenvalue weighted by molar-refractivity contribution is 5.91. The molecule has 1 aromatic rings. The predicted molar refractivity (Wildman–Crippen MR) is 50.1 cm³/mol. The first-order valence-electron chi connectivity index (χ1n) is 3.61. The van der Waals surface area contributed by atoms with Gasteiger partial charge in [-0.25, -0.2) is 4.98 Å². The van der Waals surface area contributed by atoms with Crippen molar-refractivity contribution >= 4 is 11.8 Å². The molecular weight excluding hydrogens is 166 g/mol. The summed E-state index contributed by atoms with van der Waals surface area (Å²) in [6, 6.07) is 5.28. The lowest BCUT2D eigenvalue weighted by Gasteiger charge is -2.02. The summed E-state index contributed by atoms with van der Waals surface area (Å²) >= 11 is 0. The van der Waals surface area contributed by atoms with Crippen LogP contribution in [0, 0.1) is 11.3 Å². The minimum atomic E-state index is 0.289. The molecule has 1 heterocycles. The molecule has 0 atom stereocenters. The van der Waals surface area contributed by atoms with Crippen LogP contribution in [-0.2, 0) is 0 Å². The maximum absolute atomic E-state index is 8.50. The normalized spacial score (nSPS) is 10.6. The summed E-state index contributed by atoms with van der Waals surface area (Å²) in [7, 11) is 1.58. The fourth-order valence-electron chi connectivity index (χ4n) is 0.721. The van der Waals surface area contributed by atoms with Gasteiger partial charge in [-0.05, 0) is 12.1 Å². The van der Waals surface area contributed by atoms with Crippen LogP contribution in [0.15, 0.2) is 23.3 Å². The second-order valence-corrected chi connectivity index (χ2v) is 2.28. The number of nitrogens with one attached hydrogen (secondary N) is 1. The van der Waals surface area contributed by atoms with Gasteiger partial charge in [0.25, 0.3) is 0 Å². The van der Waals surface area contributed by atoms with Gasteiger partial charge in [0, 0.05) is 13.2 Å². The molecule has 0 saturated heterocycles. The highest BCUT2D eigenvalue weighted by atomic mass is 15.1. The van der Waals surface area contributed by atoms with Gasteiger partial charge in [0.2, 0.25) is 0 Å². The van der Waals surface area contributed by atoms with Gasteiger partial charge in [-0.15, -0.1) is 0 Å². The van der Waals surface area contributed by atoms with Gasteiger partial charge in [0.05, 0.1) is 5.56 Å². The van der Waals surface area contributed by atoms with Crippen LogP contribution in [-0.4, -0.2) is 18.0 Å². The number of hydrogen-bond donors (Lipinski definition) is 2. The van der Waals surface area contributed by atoms with Crippen molar-refractivity contribution < 1.29 is 0 Å². The van der Waals surface area contributed by atoms with Crippen molar-refractivity contribution in [3.8, 4) is 6.07 Å². The van der Waals surface area contributed by atoms with Crippen molar-refractivity contribution in [2.75, 3.05) is 12.4 Å². The zero-order valence-corrected chi connectivity index (χ0v) is 7.15. The van der Waals surface area contributed by atoms with Crippen LogP contribution in [0.2, 0.25) is 0 Å². The molecule has 0 aliphatic carbocycles. The third-order valence-electron chi connectivity index (χ3n) is 1.39. The van der Waals surface area contributed by atoms with Crippen LogP contribution in [0.3, 0.4) is 0 Å². The highest BCUT2D eigenvalue weighted by Crippen LogP contribution is 2.02. The summed E-state index contributed by atoms with van der Waals surface area (Å²) in [6.07, 6.45) is 1.46. The Morgan fingerprint density at radius 1 is 1.69 bits per heavy atom. The molecule has 1 rings (SSSR count). The van der Waals surface area contributed by atoms with Crippen molar-refractivity contribution in [2.24, 2.45) is 10.7 Å². The van der Waals surface area contributed by atoms with Gasteiger partial charge in [0.15, 0.2) is 5.96 Å². The number of anilines is 1. The number of aliphatic imine (C=N–C) groups is 1. The fraction of sp³-hybridized carbons (Fsp3) is 0.125. The summed E-state index contributed by atoms with van der Waals surface area (Å²) < 4.78 is 0. The SMILES string of the molecule is CN=C(N)Nc1ccc(C#N)cn1. The van der Waals surface area contributed by atoms with Crippen LogP contribution >= 0.6 is 0 Å². The molecule has 0 aromatic carbocycles. The largest absolute Gasteiger partial charge is 0.370 e. The number of guanidine groups is 1. The van der Waals surface area contributed by atoms with E-state index in [2.05, 4.69) is 15.3 Å². The zero-order valence-electron chi connectivity index (χ0n) is 7.15. The molecule has 0 bridgehead atoms. The Balaban J connectivity index is 2.77. The van der Waals surface area contributed by atoms with Gasteiger partial charge in [-0.3, -0.25) is 4.99 Å². The van der Waals surface area contributed by atoms with Crippen molar-refractivity contribution in [1.29, 1.82) is 5.26 Å². The molecule has 5 nitrogen and oxygen atoms in total. The molecule has 0 radical (unpaired) electrons. The molecule has 1 aromatic heterocycles. The summed E-state index contributed by atoms with van der Waals surface area (Å²) in [6.45, 7) is 0. The average molecular weight is 175 g/mol. The second kappa shape index (κ2) is 4.07. The Kier molecular flexibility index (Phi) is 2.82. The fourth-order valence-corrected chi connectivity index (χ4v) is 0.721. The highest BCUT2D eigenvalue weighted by Gasteiger charge is 1.95. The van der Waals surface area contributed by atoms with Crippen LogP contribution in [0.25, 0.3) is 0 Å². The van der Waals surface area contributed by atoms with E-state index in [9.17, 15) is 0 Å². The zero-order chi connectivity index (χ0) is 9.68. The molecule has 0 aliphatic rings. The molecule has 0 amide bonds. The number of pyridine rings is 1.